The van der Waals surface area contributed by atoms with Crippen LogP contribution in [0.25, 0.3) is 5.57 Å². The Morgan fingerprint density at radius 3 is 1.79 bits per heavy atom. The first kappa shape index (κ1) is 24.3. The maximum absolute atomic E-state index is 9.21. The largest absolute Gasteiger partial charge is 0.508 e. The number of phenols is 1. The normalized spacial score (nSPS) is 9.67. The third-order valence-electron chi connectivity index (χ3n) is 3.77. The topological polar surface area (TPSA) is 32.3 Å². The summed E-state index contributed by atoms with van der Waals surface area (Å²) in [5.41, 5.74) is 5.67. The minimum atomic E-state index is 0.270. The number of allylic oxidation sites excluding steroid dienone is 3. The number of anilines is 1. The maximum Gasteiger partial charge on any atom is 0.116 e. The van der Waals surface area contributed by atoms with Gasteiger partial charge in [-0.1, -0.05) is 45.1 Å². The Balaban J connectivity index is 0. The van der Waals surface area contributed by atoms with Crippen LogP contribution in [0.3, 0.4) is 0 Å². The zero-order valence-electron chi connectivity index (χ0n) is 17.0. The Kier molecular flexibility index (Phi) is 11.7. The molecule has 1 aromatic rings. The van der Waals surface area contributed by atoms with Gasteiger partial charge in [0, 0.05) is 18.3 Å². The van der Waals surface area contributed by atoms with E-state index in [1.807, 2.05) is 33.9 Å². The van der Waals surface area contributed by atoms with Gasteiger partial charge in [-0.3, -0.25) is 0 Å². The molecule has 1 rings (SSSR count). The summed E-state index contributed by atoms with van der Waals surface area (Å²) in [5, 5.41) is 12.2. The molecule has 0 unspecified atom stereocenters. The maximum atomic E-state index is 9.21. The number of rotatable bonds is 4. The molecule has 0 amide bonds. The van der Waals surface area contributed by atoms with E-state index < -0.39 is 0 Å². The summed E-state index contributed by atoms with van der Waals surface area (Å²) in [4.78, 5) is 0. The number of nitrogens with one attached hydrogen (secondary N) is 1. The van der Waals surface area contributed by atoms with Crippen LogP contribution >= 0.6 is 0 Å². The van der Waals surface area contributed by atoms with Gasteiger partial charge in [-0.25, -0.2) is 0 Å². The molecular formula is C22H37NO. The average Bonchev–Trinajstić information content (AvgIpc) is 2.47. The molecule has 136 valence electrons. The SMILES string of the molecule is C=C(C)C.C=C(C)C(C)(C)CC.C=C(C)c1cc(O)ccc1NC. The van der Waals surface area contributed by atoms with E-state index in [2.05, 4.69) is 52.7 Å². The fourth-order valence-electron chi connectivity index (χ4n) is 1.41. The van der Waals surface area contributed by atoms with Gasteiger partial charge in [-0.15, -0.1) is 6.58 Å². The highest BCUT2D eigenvalue weighted by molar-refractivity contribution is 5.74. The summed E-state index contributed by atoms with van der Waals surface area (Å²) in [5.74, 6) is 0.270. The summed E-state index contributed by atoms with van der Waals surface area (Å²) in [6.07, 6.45) is 1.18. The number of hydrogen-bond donors (Lipinski definition) is 2. The monoisotopic (exact) mass is 331 g/mol. The Hall–Kier alpha value is -1.96. The molecule has 2 N–H and O–H groups in total. The first-order valence-corrected chi connectivity index (χ1v) is 8.33. The van der Waals surface area contributed by atoms with Crippen LogP contribution in [0.5, 0.6) is 5.75 Å². The second-order valence-corrected chi connectivity index (χ2v) is 6.99. The second-order valence-electron chi connectivity index (χ2n) is 6.99. The van der Waals surface area contributed by atoms with Crippen LogP contribution in [0.1, 0.15) is 60.5 Å². The molecule has 0 heterocycles. The molecule has 0 radical (unpaired) electrons. The number of phenolic OH excluding ortho intramolecular Hbond substituents is 1. The fraction of sp³-hybridized carbons (Fsp3) is 0.455. The number of aromatic hydroxyl groups is 1. The molecule has 0 aliphatic heterocycles. The standard InChI is InChI=1S/C10H13NO.C8H16.C4H8/c1-7(2)9-6-8(12)4-5-10(9)11-3;1-6-8(4,5)7(2)3;1-4(2)3/h4-6,11-12H,1H2,2-3H3;2,6H2,1,3-5H3;1H2,2-3H3. The van der Waals surface area contributed by atoms with E-state index in [1.165, 1.54) is 17.6 Å². The van der Waals surface area contributed by atoms with Crippen molar-refractivity contribution in [2.24, 2.45) is 5.41 Å². The molecule has 0 spiro atoms. The molecule has 0 saturated carbocycles. The lowest BCUT2D eigenvalue weighted by molar-refractivity contribution is 0.431. The molecule has 0 aliphatic rings. The minimum Gasteiger partial charge on any atom is -0.508 e. The Bertz CT molecular complexity index is 549. The van der Waals surface area contributed by atoms with E-state index in [9.17, 15) is 5.11 Å². The Morgan fingerprint density at radius 2 is 1.54 bits per heavy atom. The fourth-order valence-corrected chi connectivity index (χ4v) is 1.41. The molecule has 0 aliphatic carbocycles. The van der Waals surface area contributed by atoms with Gasteiger partial charge in [-0.05, 0) is 63.3 Å². The zero-order chi connectivity index (χ0) is 19.5. The molecule has 0 saturated heterocycles. The molecule has 0 atom stereocenters. The highest BCUT2D eigenvalue weighted by atomic mass is 16.3. The van der Waals surface area contributed by atoms with Gasteiger partial charge in [0.25, 0.3) is 0 Å². The van der Waals surface area contributed by atoms with Crippen LogP contribution in [0.2, 0.25) is 0 Å². The third-order valence-corrected chi connectivity index (χ3v) is 3.77. The van der Waals surface area contributed by atoms with Gasteiger partial charge < -0.3 is 10.4 Å². The molecule has 2 heteroatoms. The van der Waals surface area contributed by atoms with Crippen LogP contribution in [0, 0.1) is 5.41 Å². The lowest BCUT2D eigenvalue weighted by atomic mass is 9.84. The summed E-state index contributed by atoms with van der Waals surface area (Å²) >= 11 is 0. The number of hydrogen-bond acceptors (Lipinski definition) is 2. The van der Waals surface area contributed by atoms with Crippen molar-refractivity contribution in [3.8, 4) is 5.75 Å². The van der Waals surface area contributed by atoms with Crippen molar-refractivity contribution in [1.82, 2.24) is 0 Å². The van der Waals surface area contributed by atoms with Crippen LogP contribution in [-0.4, -0.2) is 12.2 Å². The van der Waals surface area contributed by atoms with E-state index in [-0.39, 0.29) is 5.75 Å². The quantitative estimate of drug-likeness (QED) is 0.457. The van der Waals surface area contributed by atoms with E-state index in [0.717, 1.165) is 16.8 Å². The highest BCUT2D eigenvalue weighted by Crippen LogP contribution is 2.27. The first-order valence-electron chi connectivity index (χ1n) is 8.33. The summed E-state index contributed by atoms with van der Waals surface area (Å²) in [6, 6.07) is 5.19. The second kappa shape index (κ2) is 11.6. The van der Waals surface area contributed by atoms with Crippen LogP contribution in [0.4, 0.5) is 5.69 Å². The third kappa shape index (κ3) is 10.7. The summed E-state index contributed by atoms with van der Waals surface area (Å²) < 4.78 is 0. The Labute approximate surface area is 150 Å². The molecule has 1 aromatic carbocycles. The molecule has 0 fully saturated rings. The van der Waals surface area contributed by atoms with Gasteiger partial charge in [-0.2, -0.15) is 0 Å². The molecule has 0 bridgehead atoms. The van der Waals surface area contributed by atoms with Gasteiger partial charge >= 0.3 is 0 Å². The molecular weight excluding hydrogens is 294 g/mol. The predicted molar refractivity (Wildman–Crippen MR) is 112 cm³/mol. The lowest BCUT2D eigenvalue weighted by Gasteiger charge is -2.22. The minimum absolute atomic E-state index is 0.270. The first-order chi connectivity index (χ1) is 10.9. The van der Waals surface area contributed by atoms with E-state index in [4.69, 9.17) is 0 Å². The molecule has 2 nitrogen and oxygen atoms in total. The van der Waals surface area contributed by atoms with Crippen molar-refractivity contribution in [2.45, 2.75) is 54.9 Å². The van der Waals surface area contributed by atoms with Crippen molar-refractivity contribution in [3.63, 3.8) is 0 Å². The zero-order valence-corrected chi connectivity index (χ0v) is 17.0. The van der Waals surface area contributed by atoms with Crippen LogP contribution < -0.4 is 5.32 Å². The van der Waals surface area contributed by atoms with Crippen molar-refractivity contribution in [1.29, 1.82) is 0 Å². The molecule has 0 aromatic heterocycles. The van der Waals surface area contributed by atoms with Gasteiger partial charge in [0.1, 0.15) is 5.75 Å². The lowest BCUT2D eigenvalue weighted by Crippen LogP contribution is -2.09. The van der Waals surface area contributed by atoms with Gasteiger partial charge in [0.2, 0.25) is 0 Å². The predicted octanol–water partition coefficient (Wildman–Crippen LogP) is 7.05. The van der Waals surface area contributed by atoms with Crippen molar-refractivity contribution in [2.75, 3.05) is 12.4 Å². The van der Waals surface area contributed by atoms with Gasteiger partial charge in [0.15, 0.2) is 0 Å². The van der Waals surface area contributed by atoms with Gasteiger partial charge in [0.05, 0.1) is 0 Å². The van der Waals surface area contributed by atoms with Crippen LogP contribution in [0.15, 0.2) is 49.1 Å². The van der Waals surface area contributed by atoms with Crippen LogP contribution in [-0.2, 0) is 0 Å². The van der Waals surface area contributed by atoms with E-state index >= 15 is 0 Å². The summed E-state index contributed by atoms with van der Waals surface area (Å²) in [6.45, 7) is 25.8. The van der Waals surface area contributed by atoms with E-state index in [0.29, 0.717) is 5.41 Å². The van der Waals surface area contributed by atoms with Crippen molar-refractivity contribution in [3.05, 3.63) is 54.6 Å². The smallest absolute Gasteiger partial charge is 0.116 e. The number of benzene rings is 1. The summed E-state index contributed by atoms with van der Waals surface area (Å²) in [7, 11) is 1.85. The average molecular weight is 332 g/mol. The Morgan fingerprint density at radius 1 is 1.08 bits per heavy atom. The van der Waals surface area contributed by atoms with Crippen molar-refractivity contribution < 1.29 is 5.11 Å². The van der Waals surface area contributed by atoms with E-state index in [1.54, 1.807) is 12.1 Å². The van der Waals surface area contributed by atoms with Crippen molar-refractivity contribution >= 4 is 11.3 Å². The molecule has 24 heavy (non-hydrogen) atoms. The highest BCUT2D eigenvalue weighted by Gasteiger charge is 2.14.